The number of nitrogens with zero attached hydrogens (tertiary/aromatic N) is 1. The van der Waals surface area contributed by atoms with E-state index >= 15 is 0 Å². The predicted molar refractivity (Wildman–Crippen MR) is 75.9 cm³/mol. The van der Waals surface area contributed by atoms with E-state index < -0.39 is 0 Å². The minimum atomic E-state index is 0.337. The van der Waals surface area contributed by atoms with Crippen LogP contribution < -0.4 is 10.1 Å². The maximum absolute atomic E-state index is 5.39. The molecule has 0 saturated heterocycles. The van der Waals surface area contributed by atoms with Crippen molar-refractivity contribution >= 4 is 0 Å². The molecule has 0 bridgehead atoms. The third kappa shape index (κ3) is 3.70. The van der Waals surface area contributed by atoms with Crippen LogP contribution in [0.3, 0.4) is 0 Å². The molecule has 0 aromatic carbocycles. The molecule has 1 unspecified atom stereocenters. The second kappa shape index (κ2) is 8.09. The summed E-state index contributed by atoms with van der Waals surface area (Å²) in [6.07, 6.45) is 5.25. The molecule has 0 fully saturated rings. The molecule has 0 aliphatic carbocycles. The summed E-state index contributed by atoms with van der Waals surface area (Å²) in [4.78, 5) is 4.31. The van der Waals surface area contributed by atoms with Crippen LogP contribution in [0, 0.1) is 5.92 Å². The molecule has 1 aromatic rings. The molecule has 1 aromatic heterocycles. The summed E-state index contributed by atoms with van der Waals surface area (Å²) in [5.41, 5.74) is 1.18. The fourth-order valence-corrected chi connectivity index (χ4v) is 2.40. The molecule has 0 spiro atoms. The van der Waals surface area contributed by atoms with E-state index in [1.165, 1.54) is 5.56 Å². The first-order valence-corrected chi connectivity index (χ1v) is 7.00. The summed E-state index contributed by atoms with van der Waals surface area (Å²) in [5.74, 6) is 1.37. The van der Waals surface area contributed by atoms with Gasteiger partial charge in [0, 0.05) is 17.8 Å². The van der Waals surface area contributed by atoms with Crippen molar-refractivity contribution in [1.82, 2.24) is 10.3 Å². The number of hydrogen-bond acceptors (Lipinski definition) is 3. The minimum Gasteiger partial charge on any atom is -0.481 e. The first-order valence-electron chi connectivity index (χ1n) is 7.00. The molecule has 0 aliphatic heterocycles. The van der Waals surface area contributed by atoms with Gasteiger partial charge in [-0.1, -0.05) is 39.7 Å². The number of rotatable bonds is 8. The topological polar surface area (TPSA) is 34.2 Å². The third-order valence-corrected chi connectivity index (χ3v) is 3.46. The number of methoxy groups -OCH3 is 1. The zero-order valence-corrected chi connectivity index (χ0v) is 12.1. The molecule has 1 heterocycles. The average molecular weight is 250 g/mol. The van der Waals surface area contributed by atoms with Gasteiger partial charge in [0.25, 0.3) is 0 Å². The zero-order chi connectivity index (χ0) is 13.4. The quantitative estimate of drug-likeness (QED) is 0.766. The van der Waals surface area contributed by atoms with E-state index in [1.54, 1.807) is 13.3 Å². The van der Waals surface area contributed by atoms with Crippen LogP contribution in [0.4, 0.5) is 0 Å². The normalized spacial score (nSPS) is 12.7. The van der Waals surface area contributed by atoms with E-state index in [4.69, 9.17) is 4.74 Å². The first-order chi connectivity index (χ1) is 8.78. The van der Waals surface area contributed by atoms with Gasteiger partial charge in [-0.05, 0) is 24.9 Å². The lowest BCUT2D eigenvalue weighted by atomic mass is 9.89. The van der Waals surface area contributed by atoms with Crippen molar-refractivity contribution < 1.29 is 4.74 Å². The molecule has 0 saturated carbocycles. The highest BCUT2D eigenvalue weighted by Gasteiger charge is 2.23. The van der Waals surface area contributed by atoms with Crippen molar-refractivity contribution in [1.29, 1.82) is 0 Å². The van der Waals surface area contributed by atoms with Gasteiger partial charge in [-0.2, -0.15) is 0 Å². The molecular weight excluding hydrogens is 224 g/mol. The molecule has 0 radical (unpaired) electrons. The van der Waals surface area contributed by atoms with E-state index in [9.17, 15) is 0 Å². The van der Waals surface area contributed by atoms with Crippen molar-refractivity contribution in [3.63, 3.8) is 0 Å². The number of aromatic nitrogens is 1. The van der Waals surface area contributed by atoms with Gasteiger partial charge in [0.05, 0.1) is 7.11 Å². The largest absolute Gasteiger partial charge is 0.481 e. The third-order valence-electron chi connectivity index (χ3n) is 3.46. The fourth-order valence-electron chi connectivity index (χ4n) is 2.40. The van der Waals surface area contributed by atoms with Crippen LogP contribution >= 0.6 is 0 Å². The van der Waals surface area contributed by atoms with Crippen LogP contribution in [-0.4, -0.2) is 18.6 Å². The monoisotopic (exact) mass is 250 g/mol. The number of pyridine rings is 1. The molecule has 1 rings (SSSR count). The average Bonchev–Trinajstić information content (AvgIpc) is 2.43. The number of nitrogens with one attached hydrogen (secondary N) is 1. The Morgan fingerprint density at radius 1 is 1.28 bits per heavy atom. The van der Waals surface area contributed by atoms with Gasteiger partial charge in [-0.3, -0.25) is 0 Å². The summed E-state index contributed by atoms with van der Waals surface area (Å²) in [6, 6.07) is 4.45. The molecule has 0 amide bonds. The van der Waals surface area contributed by atoms with Crippen LogP contribution in [0.25, 0.3) is 0 Å². The van der Waals surface area contributed by atoms with Crippen molar-refractivity contribution in [2.75, 3.05) is 13.7 Å². The smallest absolute Gasteiger partial charge is 0.217 e. The molecule has 3 nitrogen and oxygen atoms in total. The Balaban J connectivity index is 2.99. The Labute approximate surface area is 111 Å². The fraction of sp³-hybridized carbons (Fsp3) is 0.667. The predicted octanol–water partition coefficient (Wildman–Crippen LogP) is 3.57. The minimum absolute atomic E-state index is 0.337. The van der Waals surface area contributed by atoms with Crippen molar-refractivity contribution in [2.45, 2.75) is 46.1 Å². The van der Waals surface area contributed by atoms with E-state index in [1.807, 2.05) is 6.07 Å². The van der Waals surface area contributed by atoms with Gasteiger partial charge in [-0.15, -0.1) is 0 Å². The second-order valence-corrected chi connectivity index (χ2v) is 4.61. The molecular formula is C15H26N2O. The highest BCUT2D eigenvalue weighted by atomic mass is 16.5. The molecule has 18 heavy (non-hydrogen) atoms. The summed E-state index contributed by atoms with van der Waals surface area (Å²) < 4.78 is 5.39. The first kappa shape index (κ1) is 15.0. The Hall–Kier alpha value is -1.09. The van der Waals surface area contributed by atoms with E-state index in [2.05, 4.69) is 37.1 Å². The second-order valence-electron chi connectivity index (χ2n) is 4.61. The molecule has 1 N–H and O–H groups in total. The van der Waals surface area contributed by atoms with Gasteiger partial charge in [-0.25, -0.2) is 4.98 Å². The summed E-state index contributed by atoms with van der Waals surface area (Å²) in [5, 5.41) is 3.64. The van der Waals surface area contributed by atoms with E-state index in [-0.39, 0.29) is 0 Å². The van der Waals surface area contributed by atoms with Crippen molar-refractivity contribution in [2.24, 2.45) is 5.92 Å². The van der Waals surface area contributed by atoms with Crippen LogP contribution in [0.15, 0.2) is 18.3 Å². The van der Waals surface area contributed by atoms with Crippen LogP contribution in [0.1, 0.15) is 51.6 Å². The molecule has 102 valence electrons. The van der Waals surface area contributed by atoms with Gasteiger partial charge in [0.15, 0.2) is 0 Å². The zero-order valence-electron chi connectivity index (χ0n) is 12.1. The lowest BCUT2D eigenvalue weighted by molar-refractivity contribution is 0.321. The van der Waals surface area contributed by atoms with Crippen LogP contribution in [0.5, 0.6) is 5.88 Å². The summed E-state index contributed by atoms with van der Waals surface area (Å²) in [6.45, 7) is 7.71. The Morgan fingerprint density at radius 2 is 2.00 bits per heavy atom. The highest BCUT2D eigenvalue weighted by Crippen LogP contribution is 2.31. The molecule has 1 atom stereocenters. The van der Waals surface area contributed by atoms with Gasteiger partial charge >= 0.3 is 0 Å². The van der Waals surface area contributed by atoms with Crippen LogP contribution in [0.2, 0.25) is 0 Å². The van der Waals surface area contributed by atoms with E-state index in [0.29, 0.717) is 12.0 Å². The van der Waals surface area contributed by atoms with Crippen LogP contribution in [-0.2, 0) is 0 Å². The molecule has 0 aliphatic rings. The van der Waals surface area contributed by atoms with Gasteiger partial charge in [0.1, 0.15) is 0 Å². The van der Waals surface area contributed by atoms with Gasteiger partial charge in [0.2, 0.25) is 5.88 Å². The Morgan fingerprint density at radius 3 is 2.56 bits per heavy atom. The number of hydrogen-bond donors (Lipinski definition) is 1. The standard InChI is InChI=1S/C15H26N2O/c1-5-10-16-14(12(6-2)7-3)13-9-8-11-17-15(13)18-4/h8-9,11-12,14,16H,5-7,10H2,1-4H3. The van der Waals surface area contributed by atoms with E-state index in [0.717, 1.165) is 31.7 Å². The van der Waals surface area contributed by atoms with Crippen molar-refractivity contribution in [3.8, 4) is 5.88 Å². The Bertz CT molecular complexity index is 337. The Kier molecular flexibility index (Phi) is 6.73. The maximum Gasteiger partial charge on any atom is 0.217 e. The lowest BCUT2D eigenvalue weighted by Crippen LogP contribution is -2.29. The SMILES string of the molecule is CCCNC(c1cccnc1OC)C(CC)CC. The molecule has 3 heteroatoms. The highest BCUT2D eigenvalue weighted by molar-refractivity contribution is 5.29. The summed E-state index contributed by atoms with van der Waals surface area (Å²) >= 11 is 0. The summed E-state index contributed by atoms with van der Waals surface area (Å²) in [7, 11) is 1.69. The lowest BCUT2D eigenvalue weighted by Gasteiger charge is -2.27. The van der Waals surface area contributed by atoms with Crippen molar-refractivity contribution in [3.05, 3.63) is 23.9 Å². The maximum atomic E-state index is 5.39. The number of ether oxygens (including phenoxy) is 1. The van der Waals surface area contributed by atoms with Gasteiger partial charge < -0.3 is 10.1 Å².